The van der Waals surface area contributed by atoms with Crippen LogP contribution in [0.25, 0.3) is 0 Å². The van der Waals surface area contributed by atoms with E-state index in [1.54, 1.807) is 6.08 Å². The Hall–Kier alpha value is -0.760. The molecule has 0 heterocycles. The first kappa shape index (κ1) is 7.24. The average Bonchev–Trinajstić information content (AvgIpc) is 1.83. The van der Waals surface area contributed by atoms with E-state index in [1.165, 1.54) is 13.4 Å². The van der Waals surface area contributed by atoms with Gasteiger partial charge in [-0.05, 0) is 6.08 Å². The minimum absolute atomic E-state index is 0.354. The van der Waals surface area contributed by atoms with Gasteiger partial charge in [-0.3, -0.25) is 0 Å². The van der Waals surface area contributed by atoms with Crippen LogP contribution in [0.4, 0.5) is 0 Å². The Balaban J connectivity index is 3.35. The lowest BCUT2D eigenvalue weighted by Crippen LogP contribution is -2.06. The SMILES string of the molecule is C=COC(C=C)OC. The fourth-order valence-corrected chi connectivity index (χ4v) is 0.302. The molecule has 0 amide bonds. The number of hydrogen-bond acceptors (Lipinski definition) is 2. The van der Waals surface area contributed by atoms with Crippen LogP contribution in [-0.2, 0) is 9.47 Å². The van der Waals surface area contributed by atoms with Crippen molar-refractivity contribution in [3.8, 4) is 0 Å². The second-order valence-electron chi connectivity index (χ2n) is 1.14. The zero-order valence-electron chi connectivity index (χ0n) is 4.96. The highest BCUT2D eigenvalue weighted by molar-refractivity contribution is 4.73. The molecule has 0 radical (unpaired) electrons. The lowest BCUT2D eigenvalue weighted by molar-refractivity contribution is -0.0452. The summed E-state index contributed by atoms with van der Waals surface area (Å²) >= 11 is 0. The van der Waals surface area contributed by atoms with Gasteiger partial charge in [-0.25, -0.2) is 0 Å². The monoisotopic (exact) mass is 114 g/mol. The minimum Gasteiger partial charge on any atom is -0.470 e. The van der Waals surface area contributed by atoms with E-state index in [1.807, 2.05) is 0 Å². The molecule has 0 aromatic rings. The highest BCUT2D eigenvalue weighted by Crippen LogP contribution is 1.91. The first-order chi connectivity index (χ1) is 3.85. The second kappa shape index (κ2) is 4.40. The molecule has 0 spiro atoms. The number of rotatable bonds is 4. The van der Waals surface area contributed by atoms with Crippen LogP contribution in [0.5, 0.6) is 0 Å². The molecule has 0 rings (SSSR count). The van der Waals surface area contributed by atoms with Crippen molar-refractivity contribution in [3.63, 3.8) is 0 Å². The molecule has 2 nitrogen and oxygen atoms in total. The van der Waals surface area contributed by atoms with Crippen LogP contribution in [-0.4, -0.2) is 13.4 Å². The van der Waals surface area contributed by atoms with Crippen molar-refractivity contribution in [2.75, 3.05) is 7.11 Å². The molecule has 0 N–H and O–H groups in total. The van der Waals surface area contributed by atoms with Gasteiger partial charge in [-0.2, -0.15) is 0 Å². The lowest BCUT2D eigenvalue weighted by Gasteiger charge is -2.07. The standard InChI is InChI=1S/C6H10O2/c1-4-6(7-3)8-5-2/h4-6H,1-2H2,3H3. The number of methoxy groups -OCH3 is 1. The number of hydrogen-bond donors (Lipinski definition) is 0. The molecule has 0 aliphatic carbocycles. The Kier molecular flexibility index (Phi) is 3.98. The summed E-state index contributed by atoms with van der Waals surface area (Å²) in [5.74, 6) is 0. The fraction of sp³-hybridized carbons (Fsp3) is 0.333. The van der Waals surface area contributed by atoms with Gasteiger partial charge in [-0.1, -0.05) is 13.2 Å². The smallest absolute Gasteiger partial charge is 0.218 e. The molecule has 0 fully saturated rings. The van der Waals surface area contributed by atoms with Crippen molar-refractivity contribution in [1.29, 1.82) is 0 Å². The zero-order valence-corrected chi connectivity index (χ0v) is 4.96. The van der Waals surface area contributed by atoms with Crippen molar-refractivity contribution in [2.45, 2.75) is 6.29 Å². The molecule has 0 saturated heterocycles. The minimum atomic E-state index is -0.354. The lowest BCUT2D eigenvalue weighted by atomic mass is 10.6. The van der Waals surface area contributed by atoms with Gasteiger partial charge in [0.05, 0.1) is 6.26 Å². The zero-order chi connectivity index (χ0) is 6.41. The van der Waals surface area contributed by atoms with Crippen LogP contribution < -0.4 is 0 Å². The second-order valence-corrected chi connectivity index (χ2v) is 1.14. The highest BCUT2D eigenvalue weighted by Gasteiger charge is 1.94. The third-order valence-electron chi connectivity index (χ3n) is 0.655. The van der Waals surface area contributed by atoms with E-state index in [4.69, 9.17) is 9.47 Å². The van der Waals surface area contributed by atoms with E-state index in [2.05, 4.69) is 13.2 Å². The van der Waals surface area contributed by atoms with E-state index in [-0.39, 0.29) is 6.29 Å². The van der Waals surface area contributed by atoms with Crippen LogP contribution in [0.2, 0.25) is 0 Å². The van der Waals surface area contributed by atoms with E-state index in [0.717, 1.165) is 0 Å². The van der Waals surface area contributed by atoms with Crippen LogP contribution >= 0.6 is 0 Å². The summed E-state index contributed by atoms with van der Waals surface area (Å²) in [7, 11) is 1.54. The van der Waals surface area contributed by atoms with Crippen molar-refractivity contribution in [3.05, 3.63) is 25.5 Å². The predicted octanol–water partition coefficient (Wildman–Crippen LogP) is 1.30. The Bertz CT molecular complexity index is 78.6. The molecule has 1 unspecified atom stereocenters. The van der Waals surface area contributed by atoms with Crippen molar-refractivity contribution < 1.29 is 9.47 Å². The Morgan fingerprint density at radius 1 is 1.50 bits per heavy atom. The molecule has 0 bridgehead atoms. The highest BCUT2D eigenvalue weighted by atomic mass is 16.7. The van der Waals surface area contributed by atoms with E-state index < -0.39 is 0 Å². The fourth-order valence-electron chi connectivity index (χ4n) is 0.302. The first-order valence-corrected chi connectivity index (χ1v) is 2.27. The van der Waals surface area contributed by atoms with Crippen LogP contribution in [0, 0.1) is 0 Å². The molecular weight excluding hydrogens is 104 g/mol. The molecule has 0 saturated carbocycles. The van der Waals surface area contributed by atoms with Gasteiger partial charge in [0.15, 0.2) is 0 Å². The maximum atomic E-state index is 4.76. The average molecular weight is 114 g/mol. The molecular formula is C6H10O2. The quantitative estimate of drug-likeness (QED) is 0.311. The predicted molar refractivity (Wildman–Crippen MR) is 32.3 cm³/mol. The van der Waals surface area contributed by atoms with Gasteiger partial charge in [-0.15, -0.1) is 0 Å². The third-order valence-corrected chi connectivity index (χ3v) is 0.655. The molecule has 0 aromatic heterocycles. The number of ether oxygens (including phenoxy) is 2. The molecule has 1 atom stereocenters. The van der Waals surface area contributed by atoms with Crippen LogP contribution in [0.3, 0.4) is 0 Å². The van der Waals surface area contributed by atoms with E-state index in [0.29, 0.717) is 0 Å². The molecule has 0 aliphatic rings. The molecule has 0 aliphatic heterocycles. The van der Waals surface area contributed by atoms with Crippen LogP contribution in [0.15, 0.2) is 25.5 Å². The van der Waals surface area contributed by atoms with Gasteiger partial charge in [0.1, 0.15) is 0 Å². The maximum absolute atomic E-state index is 4.76. The third kappa shape index (κ3) is 2.42. The molecule has 8 heavy (non-hydrogen) atoms. The van der Waals surface area contributed by atoms with Gasteiger partial charge < -0.3 is 9.47 Å². The summed E-state index contributed by atoms with van der Waals surface area (Å²) in [5.41, 5.74) is 0. The van der Waals surface area contributed by atoms with Crippen molar-refractivity contribution in [1.82, 2.24) is 0 Å². The Morgan fingerprint density at radius 2 is 2.12 bits per heavy atom. The van der Waals surface area contributed by atoms with Gasteiger partial charge in [0, 0.05) is 7.11 Å². The largest absolute Gasteiger partial charge is 0.470 e. The summed E-state index contributed by atoms with van der Waals surface area (Å²) in [5, 5.41) is 0. The van der Waals surface area contributed by atoms with Gasteiger partial charge in [0.2, 0.25) is 6.29 Å². The summed E-state index contributed by atoms with van der Waals surface area (Å²) in [6.07, 6.45) is 2.50. The summed E-state index contributed by atoms with van der Waals surface area (Å²) in [4.78, 5) is 0. The summed E-state index contributed by atoms with van der Waals surface area (Å²) in [6, 6.07) is 0. The first-order valence-electron chi connectivity index (χ1n) is 2.27. The Morgan fingerprint density at radius 3 is 2.25 bits per heavy atom. The molecule has 0 aromatic carbocycles. The normalized spacial score (nSPS) is 12.1. The maximum Gasteiger partial charge on any atom is 0.218 e. The van der Waals surface area contributed by atoms with E-state index in [9.17, 15) is 0 Å². The molecule has 2 heteroatoms. The van der Waals surface area contributed by atoms with Crippen LogP contribution in [0.1, 0.15) is 0 Å². The van der Waals surface area contributed by atoms with Crippen molar-refractivity contribution in [2.24, 2.45) is 0 Å². The van der Waals surface area contributed by atoms with Gasteiger partial charge >= 0.3 is 0 Å². The Labute approximate surface area is 49.4 Å². The topological polar surface area (TPSA) is 18.5 Å². The summed E-state index contributed by atoms with van der Waals surface area (Å²) in [6.45, 7) is 6.80. The molecule has 46 valence electrons. The van der Waals surface area contributed by atoms with E-state index >= 15 is 0 Å². The van der Waals surface area contributed by atoms with Crippen molar-refractivity contribution >= 4 is 0 Å². The van der Waals surface area contributed by atoms with Gasteiger partial charge in [0.25, 0.3) is 0 Å². The summed E-state index contributed by atoms with van der Waals surface area (Å²) < 4.78 is 9.49.